The molecule has 0 aromatic heterocycles. The molecule has 7 heteroatoms. The normalized spacial score (nSPS) is 19.3. The van der Waals surface area contributed by atoms with Crippen molar-refractivity contribution < 1.29 is 19.6 Å². The molecule has 1 aromatic carbocycles. The number of non-ortho nitro benzene ring substituents is 1. The number of carbonyl (C=O) groups excluding carboxylic acids is 1. The van der Waals surface area contributed by atoms with E-state index in [1.807, 2.05) is 0 Å². The molecule has 0 spiro atoms. The number of hydrogen-bond acceptors (Lipinski definition) is 4. The molecule has 7 nitrogen and oxygen atoms in total. The van der Waals surface area contributed by atoms with E-state index in [2.05, 4.69) is 0 Å². The highest BCUT2D eigenvalue weighted by Crippen LogP contribution is 2.26. The lowest BCUT2D eigenvalue weighted by atomic mass is 9.99. The molecule has 0 bridgehead atoms. The van der Waals surface area contributed by atoms with E-state index in [1.54, 1.807) is 13.0 Å². The zero-order chi connectivity index (χ0) is 15.6. The van der Waals surface area contributed by atoms with Crippen LogP contribution >= 0.6 is 0 Å². The third-order valence-corrected chi connectivity index (χ3v) is 3.77. The summed E-state index contributed by atoms with van der Waals surface area (Å²) in [6.45, 7) is 2.05. The van der Waals surface area contributed by atoms with Crippen LogP contribution in [0.4, 0.5) is 5.69 Å². The van der Waals surface area contributed by atoms with Gasteiger partial charge in [-0.3, -0.25) is 14.9 Å². The van der Waals surface area contributed by atoms with Gasteiger partial charge in [0.2, 0.25) is 5.91 Å². The van der Waals surface area contributed by atoms with Crippen molar-refractivity contribution in [3.8, 4) is 0 Å². The molecular weight excluding hydrogens is 276 g/mol. The molecule has 1 N–H and O–H groups in total. The molecule has 1 aliphatic heterocycles. The molecule has 112 valence electrons. The maximum atomic E-state index is 12.4. The minimum Gasteiger partial charge on any atom is -0.480 e. The average Bonchev–Trinajstić information content (AvgIpc) is 2.95. The molecule has 21 heavy (non-hydrogen) atoms. The Morgan fingerprint density at radius 2 is 2.19 bits per heavy atom. The van der Waals surface area contributed by atoms with Gasteiger partial charge in [0.1, 0.15) is 6.04 Å². The van der Waals surface area contributed by atoms with Gasteiger partial charge < -0.3 is 10.0 Å². The summed E-state index contributed by atoms with van der Waals surface area (Å²) in [4.78, 5) is 35.2. The number of nitro benzene ring substituents is 1. The van der Waals surface area contributed by atoms with Gasteiger partial charge >= 0.3 is 5.97 Å². The van der Waals surface area contributed by atoms with Crippen LogP contribution in [0.3, 0.4) is 0 Å². The van der Waals surface area contributed by atoms with E-state index in [-0.39, 0.29) is 11.6 Å². The first-order valence-electron chi connectivity index (χ1n) is 6.69. The van der Waals surface area contributed by atoms with Gasteiger partial charge in [-0.05, 0) is 25.3 Å². The first kappa shape index (κ1) is 15.0. The Kier molecular flexibility index (Phi) is 4.21. The molecule has 1 aromatic rings. The van der Waals surface area contributed by atoms with E-state index in [9.17, 15) is 19.7 Å². The molecule has 1 unspecified atom stereocenters. The van der Waals surface area contributed by atoms with Crippen molar-refractivity contribution in [2.75, 3.05) is 6.54 Å². The summed E-state index contributed by atoms with van der Waals surface area (Å²) in [7, 11) is 0. The number of benzene rings is 1. The Hall–Kier alpha value is -2.44. The highest BCUT2D eigenvalue weighted by Gasteiger charge is 2.36. The van der Waals surface area contributed by atoms with E-state index < -0.39 is 22.9 Å². The van der Waals surface area contributed by atoms with Gasteiger partial charge in [0, 0.05) is 18.7 Å². The first-order valence-corrected chi connectivity index (χ1v) is 6.69. The third kappa shape index (κ3) is 3.01. The fourth-order valence-corrected chi connectivity index (χ4v) is 2.59. The number of carbonyl (C=O) groups is 2. The molecule has 1 aliphatic rings. The quantitative estimate of drug-likeness (QED) is 0.673. The number of carboxylic acids is 1. The van der Waals surface area contributed by atoms with E-state index in [1.165, 1.54) is 23.1 Å². The minimum absolute atomic E-state index is 0.0802. The lowest BCUT2D eigenvalue weighted by Crippen LogP contribution is -2.42. The molecule has 1 heterocycles. The number of aliphatic carboxylic acids is 1. The fourth-order valence-electron chi connectivity index (χ4n) is 2.59. The Bertz CT molecular complexity index is 586. The van der Waals surface area contributed by atoms with Gasteiger partial charge in [-0.25, -0.2) is 4.79 Å². The minimum atomic E-state index is -1.01. The van der Waals surface area contributed by atoms with Gasteiger partial charge in [-0.15, -0.1) is 0 Å². The maximum absolute atomic E-state index is 12.4. The smallest absolute Gasteiger partial charge is 0.326 e. The number of nitro groups is 1. The maximum Gasteiger partial charge on any atom is 0.326 e. The number of amides is 1. The van der Waals surface area contributed by atoms with Crippen molar-refractivity contribution in [2.45, 2.75) is 31.7 Å². The monoisotopic (exact) mass is 292 g/mol. The predicted octanol–water partition coefficient (Wildman–Crippen LogP) is 1.77. The first-order chi connectivity index (χ1) is 9.91. The molecule has 1 fully saturated rings. The van der Waals surface area contributed by atoms with Crippen molar-refractivity contribution in [3.05, 3.63) is 39.9 Å². The van der Waals surface area contributed by atoms with Gasteiger partial charge in [0.05, 0.1) is 10.8 Å². The molecule has 0 saturated carbocycles. The van der Waals surface area contributed by atoms with Gasteiger partial charge in [0.15, 0.2) is 0 Å². The zero-order valence-electron chi connectivity index (χ0n) is 11.6. The number of nitrogens with zero attached hydrogens (tertiary/aromatic N) is 2. The molecule has 0 radical (unpaired) electrons. The van der Waals surface area contributed by atoms with E-state index in [0.717, 1.165) is 0 Å². The SMILES string of the molecule is CC(C(=O)N1CCC[C@H]1C(=O)O)c1cccc([N+](=O)[O-])c1. The molecule has 2 rings (SSSR count). The molecule has 1 saturated heterocycles. The van der Waals surface area contributed by atoms with Crippen LogP contribution in [0.2, 0.25) is 0 Å². The summed E-state index contributed by atoms with van der Waals surface area (Å²) in [5.74, 6) is -1.92. The van der Waals surface area contributed by atoms with Crippen LogP contribution in [-0.2, 0) is 9.59 Å². The lowest BCUT2D eigenvalue weighted by molar-refractivity contribution is -0.384. The van der Waals surface area contributed by atoms with Crippen LogP contribution < -0.4 is 0 Å². The summed E-state index contributed by atoms with van der Waals surface area (Å²) < 4.78 is 0. The molecule has 0 aliphatic carbocycles. The summed E-state index contributed by atoms with van der Waals surface area (Å²) in [6.07, 6.45) is 1.10. The van der Waals surface area contributed by atoms with Gasteiger partial charge in [-0.2, -0.15) is 0 Å². The second-order valence-corrected chi connectivity index (χ2v) is 5.10. The predicted molar refractivity (Wildman–Crippen MR) is 73.9 cm³/mol. The lowest BCUT2D eigenvalue weighted by Gasteiger charge is -2.25. The number of rotatable bonds is 4. The standard InChI is InChI=1S/C14H16N2O5/c1-9(10-4-2-5-11(8-10)16(20)21)13(17)15-7-3-6-12(15)14(18)19/h2,4-5,8-9,12H,3,6-7H2,1H3,(H,18,19)/t9?,12-/m0/s1. The van der Waals surface area contributed by atoms with Gasteiger partial charge in [-0.1, -0.05) is 12.1 Å². The van der Waals surface area contributed by atoms with Crippen LogP contribution in [0.15, 0.2) is 24.3 Å². The third-order valence-electron chi connectivity index (χ3n) is 3.77. The van der Waals surface area contributed by atoms with Crippen molar-refractivity contribution in [2.24, 2.45) is 0 Å². The van der Waals surface area contributed by atoms with Crippen molar-refractivity contribution in [1.82, 2.24) is 4.90 Å². The average molecular weight is 292 g/mol. The molecular formula is C14H16N2O5. The number of likely N-dealkylation sites (tertiary alicyclic amines) is 1. The van der Waals surface area contributed by atoms with E-state index in [4.69, 9.17) is 5.11 Å². The van der Waals surface area contributed by atoms with Crippen LogP contribution in [-0.4, -0.2) is 39.4 Å². The Morgan fingerprint density at radius 3 is 2.81 bits per heavy atom. The van der Waals surface area contributed by atoms with Crippen molar-refractivity contribution in [1.29, 1.82) is 0 Å². The zero-order valence-corrected chi connectivity index (χ0v) is 11.6. The number of carboxylic acid groups (broad SMARTS) is 1. The summed E-state index contributed by atoms with van der Waals surface area (Å²) in [6, 6.07) is 5.08. The largest absolute Gasteiger partial charge is 0.480 e. The summed E-state index contributed by atoms with van der Waals surface area (Å²) in [5.41, 5.74) is 0.439. The van der Waals surface area contributed by atoms with Crippen LogP contribution in [0, 0.1) is 10.1 Å². The Balaban J connectivity index is 2.21. The number of hydrogen-bond donors (Lipinski definition) is 1. The second-order valence-electron chi connectivity index (χ2n) is 5.10. The highest BCUT2D eigenvalue weighted by molar-refractivity contribution is 5.88. The van der Waals surface area contributed by atoms with Crippen LogP contribution in [0.5, 0.6) is 0 Å². The van der Waals surface area contributed by atoms with Crippen molar-refractivity contribution in [3.63, 3.8) is 0 Å². The van der Waals surface area contributed by atoms with Crippen molar-refractivity contribution >= 4 is 17.6 Å². The Labute approximate surface area is 121 Å². The Morgan fingerprint density at radius 1 is 1.48 bits per heavy atom. The highest BCUT2D eigenvalue weighted by atomic mass is 16.6. The van der Waals surface area contributed by atoms with Crippen LogP contribution in [0.25, 0.3) is 0 Å². The fraction of sp³-hybridized carbons (Fsp3) is 0.429. The summed E-state index contributed by atoms with van der Waals surface area (Å²) in [5, 5.41) is 19.9. The topological polar surface area (TPSA) is 101 Å². The van der Waals surface area contributed by atoms with Gasteiger partial charge in [0.25, 0.3) is 5.69 Å². The van der Waals surface area contributed by atoms with Crippen LogP contribution in [0.1, 0.15) is 31.2 Å². The van der Waals surface area contributed by atoms with E-state index in [0.29, 0.717) is 24.9 Å². The summed E-state index contributed by atoms with van der Waals surface area (Å²) >= 11 is 0. The second kappa shape index (κ2) is 5.90. The molecule has 1 amide bonds. The molecule has 2 atom stereocenters. The van der Waals surface area contributed by atoms with E-state index >= 15 is 0 Å².